The molecule has 1 unspecified atom stereocenters. The minimum atomic E-state index is -4.87. The maximum Gasteiger partial charge on any atom is 0.416 e. The first-order valence-corrected chi connectivity index (χ1v) is 9.65. The van der Waals surface area contributed by atoms with Gasteiger partial charge in [-0.05, 0) is 37.0 Å². The molecule has 1 N–H and O–H groups in total. The third kappa shape index (κ3) is 5.02. The molecule has 0 spiro atoms. The molecule has 1 heterocycles. The highest BCUT2D eigenvalue weighted by atomic mass is 19.4. The lowest BCUT2D eigenvalue weighted by atomic mass is 9.78. The van der Waals surface area contributed by atoms with Crippen LogP contribution in [0.5, 0.6) is 0 Å². The summed E-state index contributed by atoms with van der Waals surface area (Å²) < 4.78 is 60.2. The molecule has 8 heteroatoms. The van der Waals surface area contributed by atoms with Crippen molar-refractivity contribution in [1.29, 1.82) is 5.26 Å². The van der Waals surface area contributed by atoms with E-state index in [0.717, 1.165) is 12.1 Å². The molecule has 0 saturated heterocycles. The van der Waals surface area contributed by atoms with Crippen molar-refractivity contribution in [3.63, 3.8) is 0 Å². The molecule has 0 amide bonds. The van der Waals surface area contributed by atoms with Gasteiger partial charge in [0.1, 0.15) is 5.82 Å². The number of rotatable bonds is 6. The van der Waals surface area contributed by atoms with Gasteiger partial charge in [0, 0.05) is 11.4 Å². The zero-order chi connectivity index (χ0) is 22.6. The molecule has 0 bridgehead atoms. The van der Waals surface area contributed by atoms with E-state index in [9.17, 15) is 27.6 Å². The topological polar surface area (TPSA) is 62.1 Å². The number of benzene rings is 1. The Morgan fingerprint density at radius 2 is 2.00 bits per heavy atom. The van der Waals surface area contributed by atoms with E-state index in [2.05, 4.69) is 5.32 Å². The minimum absolute atomic E-state index is 0.0171. The van der Waals surface area contributed by atoms with Crippen LogP contribution in [0.4, 0.5) is 17.6 Å². The van der Waals surface area contributed by atoms with Gasteiger partial charge in [0.25, 0.3) is 0 Å². The van der Waals surface area contributed by atoms with E-state index >= 15 is 0 Å². The molecule has 0 aliphatic carbocycles. The molecule has 1 aromatic rings. The van der Waals surface area contributed by atoms with Gasteiger partial charge >= 0.3 is 12.1 Å². The first kappa shape index (κ1) is 23.5. The number of esters is 1. The molecule has 4 nitrogen and oxygen atoms in total. The van der Waals surface area contributed by atoms with Gasteiger partial charge in [-0.2, -0.15) is 18.4 Å². The van der Waals surface area contributed by atoms with Gasteiger partial charge in [-0.3, -0.25) is 0 Å². The predicted octanol–water partition coefficient (Wildman–Crippen LogP) is 5.58. The summed E-state index contributed by atoms with van der Waals surface area (Å²) in [6.45, 7) is 7.16. The number of alkyl halides is 3. The molecular formula is C22H24F4N2O2. The summed E-state index contributed by atoms with van der Waals surface area (Å²) in [6.07, 6.45) is -3.88. The summed E-state index contributed by atoms with van der Waals surface area (Å²) in [5.41, 5.74) is -0.902. The highest BCUT2D eigenvalue weighted by Gasteiger charge is 2.42. The van der Waals surface area contributed by atoms with E-state index in [1.54, 1.807) is 6.92 Å². The predicted molar refractivity (Wildman–Crippen MR) is 103 cm³/mol. The third-order valence-electron chi connectivity index (χ3n) is 4.66. The summed E-state index contributed by atoms with van der Waals surface area (Å²) in [5, 5.41) is 12.7. The van der Waals surface area contributed by atoms with Crippen molar-refractivity contribution in [2.75, 3.05) is 6.61 Å². The van der Waals surface area contributed by atoms with Crippen LogP contribution < -0.4 is 5.32 Å². The van der Waals surface area contributed by atoms with Crippen LogP contribution in [-0.2, 0) is 15.7 Å². The monoisotopic (exact) mass is 424 g/mol. The van der Waals surface area contributed by atoms with Crippen molar-refractivity contribution in [2.24, 2.45) is 5.92 Å². The number of hydrogen-bond acceptors (Lipinski definition) is 4. The standard InChI is InChI=1S/C22H24F4N2O2/c1-5-6-18-20(21(29)30-11-12(2)3)19(16(10-27)13(4)28-18)15-8-7-14(23)9-17(15)22(24,25)26/h7-9,12,19,28H,5-6,11H2,1-4H3. The lowest BCUT2D eigenvalue weighted by Gasteiger charge is -2.31. The van der Waals surface area contributed by atoms with Crippen molar-refractivity contribution >= 4 is 5.97 Å². The van der Waals surface area contributed by atoms with Gasteiger partial charge in [-0.1, -0.05) is 33.3 Å². The van der Waals surface area contributed by atoms with E-state index in [-0.39, 0.29) is 29.2 Å². The molecule has 162 valence electrons. The second kappa shape index (κ2) is 9.33. The van der Waals surface area contributed by atoms with Gasteiger partial charge in [0.05, 0.1) is 35.3 Å². The van der Waals surface area contributed by atoms with Crippen LogP contribution in [0.3, 0.4) is 0 Å². The lowest BCUT2D eigenvalue weighted by molar-refractivity contribution is -0.141. The molecule has 0 aromatic heterocycles. The summed E-state index contributed by atoms with van der Waals surface area (Å²) >= 11 is 0. The van der Waals surface area contributed by atoms with Crippen molar-refractivity contribution < 1.29 is 27.1 Å². The number of allylic oxidation sites excluding steroid dienone is 3. The molecule has 1 aliphatic rings. The Labute approximate surface area is 173 Å². The average Bonchev–Trinajstić information content (AvgIpc) is 2.65. The van der Waals surface area contributed by atoms with E-state index < -0.39 is 29.4 Å². The molecule has 1 aromatic carbocycles. The normalized spacial score (nSPS) is 17.1. The number of nitrogens with zero attached hydrogens (tertiary/aromatic N) is 1. The molecule has 30 heavy (non-hydrogen) atoms. The molecule has 0 radical (unpaired) electrons. The number of hydrogen-bond donors (Lipinski definition) is 1. The summed E-state index contributed by atoms with van der Waals surface area (Å²) in [5.74, 6) is -3.14. The number of carbonyl (C=O) groups is 1. The Kier molecular flexibility index (Phi) is 7.30. The molecule has 0 fully saturated rings. The van der Waals surface area contributed by atoms with Crippen LogP contribution in [0.25, 0.3) is 0 Å². The quantitative estimate of drug-likeness (QED) is 0.478. The van der Waals surface area contributed by atoms with Crippen molar-refractivity contribution in [3.05, 3.63) is 57.7 Å². The van der Waals surface area contributed by atoms with Crippen LogP contribution >= 0.6 is 0 Å². The van der Waals surface area contributed by atoms with Crippen molar-refractivity contribution in [1.82, 2.24) is 5.32 Å². The van der Waals surface area contributed by atoms with Gasteiger partial charge in [0.15, 0.2) is 0 Å². The molecule has 1 aliphatic heterocycles. The maximum absolute atomic E-state index is 13.7. The fourth-order valence-corrected chi connectivity index (χ4v) is 3.39. The number of nitriles is 1. The van der Waals surface area contributed by atoms with Gasteiger partial charge in [0.2, 0.25) is 0 Å². The number of ether oxygens (including phenoxy) is 1. The van der Waals surface area contributed by atoms with E-state index in [0.29, 0.717) is 30.3 Å². The lowest BCUT2D eigenvalue weighted by Crippen LogP contribution is -2.31. The maximum atomic E-state index is 13.7. The molecular weight excluding hydrogens is 400 g/mol. The smallest absolute Gasteiger partial charge is 0.416 e. The van der Waals surface area contributed by atoms with Crippen LogP contribution in [-0.4, -0.2) is 12.6 Å². The van der Waals surface area contributed by atoms with Gasteiger partial charge in [-0.15, -0.1) is 0 Å². The number of dihydropyridines is 1. The molecule has 0 saturated carbocycles. The van der Waals surface area contributed by atoms with E-state index in [1.165, 1.54) is 0 Å². The van der Waals surface area contributed by atoms with Crippen LogP contribution in [0, 0.1) is 23.1 Å². The van der Waals surface area contributed by atoms with Crippen molar-refractivity contribution in [2.45, 2.75) is 52.6 Å². The number of carbonyl (C=O) groups excluding carboxylic acids is 1. The first-order chi connectivity index (χ1) is 14.0. The first-order valence-electron chi connectivity index (χ1n) is 9.65. The highest BCUT2D eigenvalue weighted by molar-refractivity contribution is 5.93. The van der Waals surface area contributed by atoms with Crippen LogP contribution in [0.15, 0.2) is 40.7 Å². The molecule has 1 atom stereocenters. The zero-order valence-electron chi connectivity index (χ0n) is 17.3. The number of nitrogens with one attached hydrogen (secondary N) is 1. The Hall–Kier alpha value is -2.82. The zero-order valence-corrected chi connectivity index (χ0v) is 17.3. The fourth-order valence-electron chi connectivity index (χ4n) is 3.39. The minimum Gasteiger partial charge on any atom is -0.462 e. The van der Waals surface area contributed by atoms with Gasteiger partial charge < -0.3 is 10.1 Å². The Morgan fingerprint density at radius 1 is 1.33 bits per heavy atom. The fraction of sp³-hybridized carbons (Fsp3) is 0.455. The molecule has 2 rings (SSSR count). The Balaban J connectivity index is 2.77. The second-order valence-corrected chi connectivity index (χ2v) is 7.57. The van der Waals surface area contributed by atoms with E-state index in [1.807, 2.05) is 26.8 Å². The summed E-state index contributed by atoms with van der Waals surface area (Å²) in [7, 11) is 0. The summed E-state index contributed by atoms with van der Waals surface area (Å²) in [6, 6.07) is 4.19. The number of halogens is 4. The SMILES string of the molecule is CCCC1=C(C(=O)OCC(C)C)C(c2ccc(F)cc2C(F)(F)F)C(C#N)=C(C)N1. The van der Waals surface area contributed by atoms with Gasteiger partial charge in [-0.25, -0.2) is 9.18 Å². The Morgan fingerprint density at radius 3 is 2.53 bits per heavy atom. The average molecular weight is 424 g/mol. The largest absolute Gasteiger partial charge is 0.462 e. The van der Waals surface area contributed by atoms with Crippen LogP contribution in [0.1, 0.15) is 57.6 Å². The third-order valence-corrected chi connectivity index (χ3v) is 4.66. The summed E-state index contributed by atoms with van der Waals surface area (Å²) in [4.78, 5) is 13.0. The van der Waals surface area contributed by atoms with E-state index in [4.69, 9.17) is 4.74 Å². The second-order valence-electron chi connectivity index (χ2n) is 7.57. The van der Waals surface area contributed by atoms with Crippen molar-refractivity contribution in [3.8, 4) is 6.07 Å². The van der Waals surface area contributed by atoms with Crippen LogP contribution in [0.2, 0.25) is 0 Å². The highest BCUT2D eigenvalue weighted by Crippen LogP contribution is 2.44. The Bertz CT molecular complexity index is 924.